The highest BCUT2D eigenvalue weighted by Crippen LogP contribution is 2.30. The molecule has 0 aliphatic heterocycles. The number of nitrogens with one attached hydrogen (secondary N) is 1. The number of thiophene rings is 2. The lowest BCUT2D eigenvalue weighted by atomic mass is 10.0. The molecule has 1 amide bonds. The van der Waals surface area contributed by atoms with Gasteiger partial charge in [-0.15, -0.1) is 11.3 Å². The van der Waals surface area contributed by atoms with E-state index in [1.54, 1.807) is 19.1 Å². The molecule has 1 N–H and O–H groups in total. The van der Waals surface area contributed by atoms with Gasteiger partial charge in [-0.25, -0.2) is 0 Å². The molecule has 0 aliphatic rings. The molecule has 0 radical (unpaired) electrons. The van der Waals surface area contributed by atoms with Gasteiger partial charge in [-0.2, -0.15) is 11.3 Å². The van der Waals surface area contributed by atoms with Gasteiger partial charge in [-0.3, -0.25) is 14.9 Å². The minimum atomic E-state index is -0.474. The lowest BCUT2D eigenvalue weighted by Crippen LogP contribution is -2.28. The Balaban J connectivity index is 1.90. The largest absolute Gasteiger partial charge is 0.340 e. The fourth-order valence-electron chi connectivity index (χ4n) is 2.42. The maximum absolute atomic E-state index is 12.6. The molecule has 0 fully saturated rings. The van der Waals surface area contributed by atoms with E-state index in [1.807, 2.05) is 29.0 Å². The Morgan fingerprint density at radius 2 is 1.96 bits per heavy atom. The summed E-state index contributed by atoms with van der Waals surface area (Å²) in [6.45, 7) is 1.63. The molecule has 1 atom stereocenters. The standard InChI is InChI=1S/C17H13ClN2O3S2/c1-10-14(20(22)23)8-15(25-10)17(21)19-16(12-6-7-24-9-12)11-2-4-13(18)5-3-11/h2-9,16H,1H3,(H,19,21). The third-order valence-electron chi connectivity index (χ3n) is 3.67. The second kappa shape index (κ2) is 7.35. The van der Waals surface area contributed by atoms with Gasteiger partial charge in [0.1, 0.15) is 0 Å². The number of rotatable bonds is 5. The van der Waals surface area contributed by atoms with E-state index in [-0.39, 0.29) is 17.6 Å². The van der Waals surface area contributed by atoms with Crippen molar-refractivity contribution in [1.29, 1.82) is 0 Å². The highest BCUT2D eigenvalue weighted by atomic mass is 35.5. The maximum Gasteiger partial charge on any atom is 0.283 e. The van der Waals surface area contributed by atoms with E-state index in [4.69, 9.17) is 11.6 Å². The van der Waals surface area contributed by atoms with Crippen molar-refractivity contribution in [2.45, 2.75) is 13.0 Å². The Labute approximate surface area is 157 Å². The Bertz CT molecular complexity index is 905. The molecule has 0 aliphatic carbocycles. The van der Waals surface area contributed by atoms with Crippen LogP contribution in [0.5, 0.6) is 0 Å². The van der Waals surface area contributed by atoms with E-state index in [1.165, 1.54) is 17.4 Å². The van der Waals surface area contributed by atoms with Gasteiger partial charge in [-0.05, 0) is 47.0 Å². The van der Waals surface area contributed by atoms with Crippen LogP contribution in [0, 0.1) is 17.0 Å². The van der Waals surface area contributed by atoms with Crippen molar-refractivity contribution in [1.82, 2.24) is 5.32 Å². The molecule has 25 heavy (non-hydrogen) atoms. The molecule has 2 aromatic heterocycles. The van der Waals surface area contributed by atoms with E-state index in [9.17, 15) is 14.9 Å². The average Bonchev–Trinajstić information content (AvgIpc) is 3.23. The average molecular weight is 393 g/mol. The first-order valence-corrected chi connectivity index (χ1v) is 9.42. The predicted molar refractivity (Wildman–Crippen MR) is 101 cm³/mol. The summed E-state index contributed by atoms with van der Waals surface area (Å²) in [5.74, 6) is -0.340. The normalized spacial score (nSPS) is 11.9. The van der Waals surface area contributed by atoms with E-state index in [0.717, 1.165) is 22.5 Å². The van der Waals surface area contributed by atoms with Crippen molar-refractivity contribution in [2.75, 3.05) is 0 Å². The first-order chi connectivity index (χ1) is 12.0. The van der Waals surface area contributed by atoms with Crippen molar-refractivity contribution in [3.05, 3.63) is 83.2 Å². The third kappa shape index (κ3) is 3.89. The Kier molecular flexibility index (Phi) is 5.17. The van der Waals surface area contributed by atoms with Crippen LogP contribution in [0.2, 0.25) is 5.02 Å². The van der Waals surface area contributed by atoms with Gasteiger partial charge in [-0.1, -0.05) is 23.7 Å². The molecule has 0 spiro atoms. The molecule has 5 nitrogen and oxygen atoms in total. The Hall–Kier alpha value is -2.22. The van der Waals surface area contributed by atoms with Crippen molar-refractivity contribution < 1.29 is 9.72 Å². The molecule has 1 aromatic carbocycles. The lowest BCUT2D eigenvalue weighted by Gasteiger charge is -2.18. The number of carbonyl (C=O) groups is 1. The minimum Gasteiger partial charge on any atom is -0.340 e. The topological polar surface area (TPSA) is 72.2 Å². The Morgan fingerprint density at radius 3 is 2.52 bits per heavy atom. The molecule has 0 bridgehead atoms. The molecule has 8 heteroatoms. The van der Waals surface area contributed by atoms with Crippen LogP contribution in [-0.2, 0) is 0 Å². The molecule has 1 unspecified atom stereocenters. The predicted octanol–water partition coefficient (Wildman–Crippen LogP) is 5.20. The lowest BCUT2D eigenvalue weighted by molar-refractivity contribution is -0.385. The van der Waals surface area contributed by atoms with E-state index >= 15 is 0 Å². The molecule has 3 aromatic rings. The van der Waals surface area contributed by atoms with Gasteiger partial charge in [0.25, 0.3) is 11.6 Å². The van der Waals surface area contributed by atoms with Gasteiger partial charge in [0.15, 0.2) is 0 Å². The first-order valence-electron chi connectivity index (χ1n) is 7.29. The summed E-state index contributed by atoms with van der Waals surface area (Å²) in [5, 5.41) is 18.5. The van der Waals surface area contributed by atoms with Crippen LogP contribution >= 0.6 is 34.3 Å². The van der Waals surface area contributed by atoms with Gasteiger partial charge < -0.3 is 5.32 Å². The monoisotopic (exact) mass is 392 g/mol. The number of nitro groups is 1. The molecule has 128 valence electrons. The fraction of sp³-hybridized carbons (Fsp3) is 0.118. The number of hydrogen-bond acceptors (Lipinski definition) is 5. The zero-order valence-electron chi connectivity index (χ0n) is 13.1. The number of carbonyl (C=O) groups excluding carboxylic acids is 1. The van der Waals surface area contributed by atoms with Crippen molar-refractivity contribution in [3.8, 4) is 0 Å². The van der Waals surface area contributed by atoms with Gasteiger partial charge >= 0.3 is 0 Å². The highest BCUT2D eigenvalue weighted by Gasteiger charge is 2.23. The van der Waals surface area contributed by atoms with E-state index in [2.05, 4.69) is 5.32 Å². The summed E-state index contributed by atoms with van der Waals surface area (Å²) >= 11 is 8.60. The van der Waals surface area contributed by atoms with Gasteiger partial charge in [0.05, 0.1) is 20.7 Å². The maximum atomic E-state index is 12.6. The number of amides is 1. The quantitative estimate of drug-likeness (QED) is 0.479. The molecular weight excluding hydrogens is 380 g/mol. The van der Waals surface area contributed by atoms with Crippen LogP contribution in [0.15, 0.2) is 47.2 Å². The number of benzene rings is 1. The van der Waals surface area contributed by atoms with Crippen LogP contribution in [-0.4, -0.2) is 10.8 Å². The Morgan fingerprint density at radius 1 is 1.24 bits per heavy atom. The summed E-state index contributed by atoms with van der Waals surface area (Å²) in [6.07, 6.45) is 0. The molecule has 2 heterocycles. The summed E-state index contributed by atoms with van der Waals surface area (Å²) in [6, 6.07) is 10.1. The molecule has 0 saturated heterocycles. The SMILES string of the molecule is Cc1sc(C(=O)NC(c2ccc(Cl)cc2)c2ccsc2)cc1[N+](=O)[O-]. The van der Waals surface area contributed by atoms with Crippen LogP contribution in [0.3, 0.4) is 0 Å². The van der Waals surface area contributed by atoms with Gasteiger partial charge in [0.2, 0.25) is 0 Å². The van der Waals surface area contributed by atoms with Crippen LogP contribution in [0.25, 0.3) is 0 Å². The highest BCUT2D eigenvalue weighted by molar-refractivity contribution is 7.14. The van der Waals surface area contributed by atoms with E-state index in [0.29, 0.717) is 14.8 Å². The number of aryl methyl sites for hydroxylation is 1. The second-order valence-electron chi connectivity index (χ2n) is 5.32. The van der Waals surface area contributed by atoms with Crippen LogP contribution in [0.1, 0.15) is 31.7 Å². The summed E-state index contributed by atoms with van der Waals surface area (Å²) in [4.78, 5) is 24.0. The summed E-state index contributed by atoms with van der Waals surface area (Å²) in [5.41, 5.74) is 1.80. The van der Waals surface area contributed by atoms with Crippen molar-refractivity contribution >= 4 is 45.9 Å². The first kappa shape index (κ1) is 17.6. The zero-order chi connectivity index (χ0) is 18.0. The number of hydrogen-bond donors (Lipinski definition) is 1. The zero-order valence-corrected chi connectivity index (χ0v) is 15.5. The third-order valence-corrected chi connectivity index (χ3v) is 5.66. The molecular formula is C17H13ClN2O3S2. The minimum absolute atomic E-state index is 0.0336. The fourth-order valence-corrected chi connectivity index (χ4v) is 4.12. The van der Waals surface area contributed by atoms with Crippen LogP contribution < -0.4 is 5.32 Å². The number of halogens is 1. The molecule has 0 saturated carbocycles. The smallest absolute Gasteiger partial charge is 0.283 e. The van der Waals surface area contributed by atoms with Gasteiger partial charge in [0, 0.05) is 11.1 Å². The van der Waals surface area contributed by atoms with E-state index < -0.39 is 4.92 Å². The number of nitrogens with zero attached hydrogens (tertiary/aromatic N) is 1. The molecule has 3 rings (SSSR count). The summed E-state index contributed by atoms with van der Waals surface area (Å²) in [7, 11) is 0. The van der Waals surface area contributed by atoms with Crippen LogP contribution in [0.4, 0.5) is 5.69 Å². The second-order valence-corrected chi connectivity index (χ2v) is 7.80. The summed E-state index contributed by atoms with van der Waals surface area (Å²) < 4.78 is 0. The van der Waals surface area contributed by atoms with Crippen molar-refractivity contribution in [3.63, 3.8) is 0 Å². The van der Waals surface area contributed by atoms with Crippen molar-refractivity contribution in [2.24, 2.45) is 0 Å².